The number of aromatic nitrogens is 1. The van der Waals surface area contributed by atoms with Crippen LogP contribution in [0.25, 0.3) is 0 Å². The molecule has 0 radical (unpaired) electrons. The van der Waals surface area contributed by atoms with E-state index in [1.165, 1.54) is 25.7 Å². The summed E-state index contributed by atoms with van der Waals surface area (Å²) in [5.41, 5.74) is 7.26. The highest BCUT2D eigenvalue weighted by Crippen LogP contribution is 2.39. The summed E-state index contributed by atoms with van der Waals surface area (Å²) < 4.78 is 5.42. The number of nitrogens with two attached hydrogens (primary N) is 1. The van der Waals surface area contributed by atoms with Gasteiger partial charge in [-0.1, -0.05) is 26.2 Å². The number of hydrogen-bond donors (Lipinski definition) is 1. The highest BCUT2D eigenvalue weighted by molar-refractivity contribution is 5.33. The van der Waals surface area contributed by atoms with Gasteiger partial charge in [0.25, 0.3) is 0 Å². The van der Waals surface area contributed by atoms with E-state index in [1.807, 2.05) is 18.3 Å². The van der Waals surface area contributed by atoms with Crippen LogP contribution >= 0.6 is 0 Å². The molecule has 3 heteroatoms. The Morgan fingerprint density at radius 2 is 2.28 bits per heavy atom. The van der Waals surface area contributed by atoms with Gasteiger partial charge in [-0.05, 0) is 37.3 Å². The zero-order valence-electron chi connectivity index (χ0n) is 11.5. The molecule has 0 bridgehead atoms. The zero-order chi connectivity index (χ0) is 13.0. The SMILES string of the molecule is CCC1CCCC(N)(c2ncccc2OC)CC1. The van der Waals surface area contributed by atoms with Crippen LogP contribution in [0.2, 0.25) is 0 Å². The van der Waals surface area contributed by atoms with E-state index in [2.05, 4.69) is 11.9 Å². The largest absolute Gasteiger partial charge is 0.495 e. The van der Waals surface area contributed by atoms with E-state index in [1.54, 1.807) is 7.11 Å². The van der Waals surface area contributed by atoms with Gasteiger partial charge in [-0.3, -0.25) is 4.98 Å². The molecule has 1 heterocycles. The van der Waals surface area contributed by atoms with Crippen LogP contribution in [0.5, 0.6) is 5.75 Å². The zero-order valence-corrected chi connectivity index (χ0v) is 11.5. The normalized spacial score (nSPS) is 28.7. The molecule has 0 aliphatic heterocycles. The Morgan fingerprint density at radius 3 is 3.00 bits per heavy atom. The molecule has 1 fully saturated rings. The second-order valence-electron chi connectivity index (χ2n) is 5.42. The van der Waals surface area contributed by atoms with Gasteiger partial charge in [0.15, 0.2) is 0 Å². The van der Waals surface area contributed by atoms with Gasteiger partial charge in [0, 0.05) is 6.20 Å². The predicted octanol–water partition coefficient (Wildman–Crippen LogP) is 3.23. The van der Waals surface area contributed by atoms with Crippen molar-refractivity contribution in [3.05, 3.63) is 24.0 Å². The number of nitrogens with zero attached hydrogens (tertiary/aromatic N) is 1. The lowest BCUT2D eigenvalue weighted by Crippen LogP contribution is -2.37. The minimum absolute atomic E-state index is 0.309. The molecule has 2 rings (SSSR count). The van der Waals surface area contributed by atoms with Crippen molar-refractivity contribution < 1.29 is 4.74 Å². The average Bonchev–Trinajstić information content (AvgIpc) is 2.61. The van der Waals surface area contributed by atoms with Gasteiger partial charge in [-0.15, -0.1) is 0 Å². The Balaban J connectivity index is 2.24. The molecule has 2 atom stereocenters. The van der Waals surface area contributed by atoms with E-state index in [9.17, 15) is 0 Å². The molecule has 2 unspecified atom stereocenters. The molecule has 1 aliphatic carbocycles. The lowest BCUT2D eigenvalue weighted by Gasteiger charge is -2.28. The first-order valence-corrected chi connectivity index (χ1v) is 6.98. The molecule has 3 nitrogen and oxygen atoms in total. The molecule has 0 aromatic carbocycles. The van der Waals surface area contributed by atoms with Crippen LogP contribution in [-0.4, -0.2) is 12.1 Å². The molecule has 0 saturated heterocycles. The van der Waals surface area contributed by atoms with Crippen LogP contribution in [0.15, 0.2) is 18.3 Å². The molecule has 1 aliphatic rings. The van der Waals surface area contributed by atoms with Crippen LogP contribution in [0.4, 0.5) is 0 Å². The van der Waals surface area contributed by atoms with Crippen LogP contribution in [-0.2, 0) is 5.54 Å². The Hall–Kier alpha value is -1.09. The predicted molar refractivity (Wildman–Crippen MR) is 73.5 cm³/mol. The summed E-state index contributed by atoms with van der Waals surface area (Å²) in [6, 6.07) is 3.86. The van der Waals surface area contributed by atoms with Crippen molar-refractivity contribution >= 4 is 0 Å². The first-order valence-electron chi connectivity index (χ1n) is 6.98. The lowest BCUT2D eigenvalue weighted by molar-refractivity contribution is 0.333. The maximum absolute atomic E-state index is 6.63. The molecule has 0 amide bonds. The molecule has 1 aromatic heterocycles. The summed E-state index contributed by atoms with van der Waals surface area (Å²) in [7, 11) is 1.69. The first kappa shape index (κ1) is 13.3. The summed E-state index contributed by atoms with van der Waals surface area (Å²) in [6.07, 6.45) is 8.78. The van der Waals surface area contributed by atoms with Crippen LogP contribution in [0, 0.1) is 5.92 Å². The topological polar surface area (TPSA) is 48.1 Å². The second-order valence-corrected chi connectivity index (χ2v) is 5.42. The van der Waals surface area contributed by atoms with Crippen LogP contribution in [0.1, 0.15) is 51.1 Å². The molecule has 0 spiro atoms. The van der Waals surface area contributed by atoms with Crippen molar-refractivity contribution in [1.82, 2.24) is 4.98 Å². The van der Waals surface area contributed by atoms with Crippen LogP contribution in [0.3, 0.4) is 0 Å². The van der Waals surface area contributed by atoms with E-state index in [0.29, 0.717) is 0 Å². The van der Waals surface area contributed by atoms with Crippen molar-refractivity contribution in [3.63, 3.8) is 0 Å². The summed E-state index contributed by atoms with van der Waals surface area (Å²) in [5.74, 6) is 1.65. The monoisotopic (exact) mass is 248 g/mol. The van der Waals surface area contributed by atoms with E-state index in [4.69, 9.17) is 10.5 Å². The van der Waals surface area contributed by atoms with Crippen LogP contribution < -0.4 is 10.5 Å². The highest BCUT2D eigenvalue weighted by Gasteiger charge is 2.34. The minimum atomic E-state index is -0.309. The molecule has 100 valence electrons. The molecule has 1 aromatic rings. The summed E-state index contributed by atoms with van der Waals surface area (Å²) >= 11 is 0. The van der Waals surface area contributed by atoms with E-state index >= 15 is 0 Å². The van der Waals surface area contributed by atoms with Gasteiger partial charge in [-0.2, -0.15) is 0 Å². The average molecular weight is 248 g/mol. The van der Waals surface area contributed by atoms with Crippen molar-refractivity contribution in [2.45, 2.75) is 51.0 Å². The number of pyridine rings is 1. The van der Waals surface area contributed by atoms with Crippen molar-refractivity contribution in [2.75, 3.05) is 7.11 Å². The highest BCUT2D eigenvalue weighted by atomic mass is 16.5. The van der Waals surface area contributed by atoms with E-state index < -0.39 is 0 Å². The van der Waals surface area contributed by atoms with Gasteiger partial charge < -0.3 is 10.5 Å². The van der Waals surface area contributed by atoms with Gasteiger partial charge in [0.1, 0.15) is 11.4 Å². The standard InChI is InChI=1S/C15H24N2O/c1-3-12-6-4-9-15(16,10-8-12)14-13(18-2)7-5-11-17-14/h5,7,11-12H,3-4,6,8-10,16H2,1-2H3. The second kappa shape index (κ2) is 5.70. The Morgan fingerprint density at radius 1 is 1.44 bits per heavy atom. The Labute approximate surface area is 110 Å². The van der Waals surface area contributed by atoms with E-state index in [0.717, 1.165) is 30.2 Å². The third-order valence-electron chi connectivity index (χ3n) is 4.27. The van der Waals surface area contributed by atoms with Gasteiger partial charge in [0.2, 0.25) is 0 Å². The lowest BCUT2D eigenvalue weighted by atomic mass is 9.86. The maximum atomic E-state index is 6.63. The smallest absolute Gasteiger partial charge is 0.142 e. The summed E-state index contributed by atoms with van der Waals surface area (Å²) in [5, 5.41) is 0. The fourth-order valence-corrected chi connectivity index (χ4v) is 3.01. The fourth-order valence-electron chi connectivity index (χ4n) is 3.01. The van der Waals surface area contributed by atoms with Gasteiger partial charge in [0.05, 0.1) is 12.6 Å². The third-order valence-corrected chi connectivity index (χ3v) is 4.27. The summed E-state index contributed by atoms with van der Waals surface area (Å²) in [6.45, 7) is 2.27. The molecule has 2 N–H and O–H groups in total. The van der Waals surface area contributed by atoms with Gasteiger partial charge >= 0.3 is 0 Å². The van der Waals surface area contributed by atoms with Gasteiger partial charge in [-0.25, -0.2) is 0 Å². The summed E-state index contributed by atoms with van der Waals surface area (Å²) in [4.78, 5) is 4.49. The van der Waals surface area contributed by atoms with Crippen molar-refractivity contribution in [2.24, 2.45) is 11.7 Å². The Bertz CT molecular complexity index is 394. The number of rotatable bonds is 3. The fraction of sp³-hybridized carbons (Fsp3) is 0.667. The quantitative estimate of drug-likeness (QED) is 0.835. The maximum Gasteiger partial charge on any atom is 0.142 e. The Kier molecular flexibility index (Phi) is 4.23. The van der Waals surface area contributed by atoms with Crippen molar-refractivity contribution in [1.29, 1.82) is 0 Å². The molecular weight excluding hydrogens is 224 g/mol. The minimum Gasteiger partial charge on any atom is -0.495 e. The molecular formula is C15H24N2O. The molecule has 1 saturated carbocycles. The number of methoxy groups -OCH3 is 1. The van der Waals surface area contributed by atoms with Crippen molar-refractivity contribution in [3.8, 4) is 5.75 Å². The third kappa shape index (κ3) is 2.66. The molecule has 18 heavy (non-hydrogen) atoms. The first-order chi connectivity index (χ1) is 8.69. The number of hydrogen-bond acceptors (Lipinski definition) is 3. The van der Waals surface area contributed by atoms with E-state index in [-0.39, 0.29) is 5.54 Å². The number of ether oxygens (including phenoxy) is 1.